The molecule has 1 aliphatic heterocycles. The molecule has 0 aromatic heterocycles. The number of rotatable bonds is 4. The minimum absolute atomic E-state index is 0.282. The molecule has 1 heterocycles. The van der Waals surface area contributed by atoms with Crippen LogP contribution < -0.4 is 0 Å². The second-order valence-electron chi connectivity index (χ2n) is 6.19. The van der Waals surface area contributed by atoms with Crippen LogP contribution in [0.4, 0.5) is 0 Å². The van der Waals surface area contributed by atoms with Gasteiger partial charge in [0.25, 0.3) is 0 Å². The Bertz CT molecular complexity index is 529. The van der Waals surface area contributed by atoms with E-state index in [0.29, 0.717) is 12.0 Å². The fourth-order valence-electron chi connectivity index (χ4n) is 3.78. The number of hydrogen-bond acceptors (Lipinski definition) is 2. The Morgan fingerprint density at radius 1 is 0.955 bits per heavy atom. The van der Waals surface area contributed by atoms with Crippen molar-refractivity contribution in [1.29, 1.82) is 0 Å². The van der Waals surface area contributed by atoms with Gasteiger partial charge in [0.05, 0.1) is 6.10 Å². The molecule has 2 aromatic rings. The fourth-order valence-corrected chi connectivity index (χ4v) is 3.78. The molecule has 0 unspecified atom stereocenters. The number of ether oxygens (including phenoxy) is 1. The molecule has 2 aromatic carbocycles. The molecule has 2 nitrogen and oxygen atoms in total. The molecule has 1 saturated heterocycles. The van der Waals surface area contributed by atoms with Crippen molar-refractivity contribution in [3.05, 3.63) is 71.8 Å². The van der Waals surface area contributed by atoms with Gasteiger partial charge in [-0.15, -0.1) is 0 Å². The molecule has 0 bridgehead atoms. The number of nitrogens with zero attached hydrogens (tertiary/aromatic N) is 1. The lowest BCUT2D eigenvalue weighted by Gasteiger charge is -2.43. The molecule has 0 aliphatic carbocycles. The maximum Gasteiger partial charge on any atom is 0.0736 e. The molecule has 0 radical (unpaired) electrons. The van der Waals surface area contributed by atoms with E-state index < -0.39 is 0 Å². The van der Waals surface area contributed by atoms with Gasteiger partial charge < -0.3 is 4.74 Å². The van der Waals surface area contributed by atoms with Crippen molar-refractivity contribution in [1.82, 2.24) is 4.90 Å². The lowest BCUT2D eigenvalue weighted by Crippen LogP contribution is -2.50. The summed E-state index contributed by atoms with van der Waals surface area (Å²) < 4.78 is 5.86. The molecule has 0 spiro atoms. The normalized spacial score (nSPS) is 22.9. The summed E-state index contributed by atoms with van der Waals surface area (Å²) in [6.07, 6.45) is 2.63. The average Bonchev–Trinajstić information content (AvgIpc) is 2.58. The Balaban J connectivity index is 2.04. The number of hydrogen-bond donors (Lipinski definition) is 0. The smallest absolute Gasteiger partial charge is 0.0736 e. The summed E-state index contributed by atoms with van der Waals surface area (Å²) in [5.41, 5.74) is 2.74. The fraction of sp³-hybridized carbons (Fsp3) is 0.400. The van der Waals surface area contributed by atoms with Gasteiger partial charge in [-0.2, -0.15) is 0 Å². The van der Waals surface area contributed by atoms with Crippen molar-refractivity contribution in [2.24, 2.45) is 0 Å². The summed E-state index contributed by atoms with van der Waals surface area (Å²) in [6, 6.07) is 22.1. The van der Waals surface area contributed by atoms with E-state index in [2.05, 4.69) is 72.6 Å². The highest BCUT2D eigenvalue weighted by atomic mass is 16.5. The van der Waals surface area contributed by atoms with Gasteiger partial charge in [0.15, 0.2) is 0 Å². The lowest BCUT2D eigenvalue weighted by molar-refractivity contribution is -0.0142. The lowest BCUT2D eigenvalue weighted by atomic mass is 9.79. The summed E-state index contributed by atoms with van der Waals surface area (Å²) in [6.45, 7) is 1.14. The second-order valence-corrected chi connectivity index (χ2v) is 6.19. The SMILES string of the molecule is CO[C@@H]1CCCN(C)[C@@H]1C(c1ccccc1)c1ccccc1. The van der Waals surface area contributed by atoms with E-state index in [1.54, 1.807) is 0 Å². The Hall–Kier alpha value is -1.64. The number of likely N-dealkylation sites (N-methyl/N-ethyl adjacent to an activating group) is 1. The van der Waals surface area contributed by atoms with Gasteiger partial charge in [-0.05, 0) is 37.6 Å². The topological polar surface area (TPSA) is 12.5 Å². The van der Waals surface area contributed by atoms with Crippen LogP contribution in [-0.2, 0) is 4.74 Å². The molecule has 0 amide bonds. The van der Waals surface area contributed by atoms with Gasteiger partial charge in [-0.1, -0.05) is 60.7 Å². The molecule has 0 N–H and O–H groups in total. The van der Waals surface area contributed by atoms with Gasteiger partial charge in [0, 0.05) is 19.1 Å². The standard InChI is InChI=1S/C20H25NO/c1-21-15-9-14-18(22-2)20(21)19(16-10-5-3-6-11-16)17-12-7-4-8-13-17/h3-8,10-13,18-20H,9,14-15H2,1-2H3/t18-,20+/m1/s1. The largest absolute Gasteiger partial charge is 0.380 e. The zero-order valence-corrected chi connectivity index (χ0v) is 13.5. The first kappa shape index (κ1) is 15.3. The van der Waals surface area contributed by atoms with E-state index in [1.165, 1.54) is 17.5 Å². The Labute approximate surface area is 133 Å². The number of likely N-dealkylation sites (tertiary alicyclic amines) is 1. The van der Waals surface area contributed by atoms with E-state index in [4.69, 9.17) is 4.74 Å². The molecule has 22 heavy (non-hydrogen) atoms. The van der Waals surface area contributed by atoms with E-state index in [-0.39, 0.29) is 6.10 Å². The average molecular weight is 295 g/mol. The third-order valence-electron chi connectivity index (χ3n) is 4.85. The van der Waals surface area contributed by atoms with Crippen LogP contribution in [-0.4, -0.2) is 37.7 Å². The molecular weight excluding hydrogens is 270 g/mol. The highest BCUT2D eigenvalue weighted by molar-refractivity contribution is 5.35. The van der Waals surface area contributed by atoms with Crippen molar-refractivity contribution < 1.29 is 4.74 Å². The van der Waals surface area contributed by atoms with Crippen LogP contribution in [0, 0.1) is 0 Å². The highest BCUT2D eigenvalue weighted by Gasteiger charge is 2.37. The molecule has 1 fully saturated rings. The van der Waals surface area contributed by atoms with Gasteiger partial charge in [-0.3, -0.25) is 4.90 Å². The van der Waals surface area contributed by atoms with Crippen LogP contribution in [0.2, 0.25) is 0 Å². The number of benzene rings is 2. The van der Waals surface area contributed by atoms with Gasteiger partial charge >= 0.3 is 0 Å². The maximum absolute atomic E-state index is 5.86. The molecule has 2 heteroatoms. The van der Waals surface area contributed by atoms with E-state index in [0.717, 1.165) is 13.0 Å². The van der Waals surface area contributed by atoms with Gasteiger partial charge in [0.2, 0.25) is 0 Å². The minimum atomic E-state index is 0.282. The van der Waals surface area contributed by atoms with Crippen LogP contribution in [0.5, 0.6) is 0 Å². The summed E-state index contributed by atoms with van der Waals surface area (Å²) in [4.78, 5) is 2.47. The molecule has 0 saturated carbocycles. The summed E-state index contributed by atoms with van der Waals surface area (Å²) in [5.74, 6) is 0.345. The van der Waals surface area contributed by atoms with E-state index in [1.807, 2.05) is 7.11 Å². The zero-order valence-electron chi connectivity index (χ0n) is 13.5. The first-order chi connectivity index (χ1) is 10.8. The minimum Gasteiger partial charge on any atom is -0.380 e. The number of piperidine rings is 1. The third-order valence-corrected chi connectivity index (χ3v) is 4.85. The van der Waals surface area contributed by atoms with E-state index >= 15 is 0 Å². The summed E-state index contributed by atoms with van der Waals surface area (Å²) >= 11 is 0. The van der Waals surface area contributed by atoms with Crippen molar-refractivity contribution in [3.8, 4) is 0 Å². The highest BCUT2D eigenvalue weighted by Crippen LogP contribution is 2.36. The predicted octanol–water partition coefficient (Wildman–Crippen LogP) is 3.93. The maximum atomic E-state index is 5.86. The first-order valence-corrected chi connectivity index (χ1v) is 8.14. The van der Waals surface area contributed by atoms with E-state index in [9.17, 15) is 0 Å². The van der Waals surface area contributed by atoms with Crippen LogP contribution in [0.1, 0.15) is 29.9 Å². The number of methoxy groups -OCH3 is 1. The van der Waals surface area contributed by atoms with Crippen LogP contribution >= 0.6 is 0 Å². The zero-order chi connectivity index (χ0) is 15.4. The molecule has 116 valence electrons. The summed E-state index contributed by atoms with van der Waals surface area (Å²) in [7, 11) is 4.08. The van der Waals surface area contributed by atoms with Crippen molar-refractivity contribution in [2.75, 3.05) is 20.7 Å². The van der Waals surface area contributed by atoms with Crippen LogP contribution in [0.25, 0.3) is 0 Å². The molecular formula is C20H25NO. The van der Waals surface area contributed by atoms with Crippen LogP contribution in [0.15, 0.2) is 60.7 Å². The molecule has 1 aliphatic rings. The molecule has 3 rings (SSSR count). The van der Waals surface area contributed by atoms with Crippen LogP contribution in [0.3, 0.4) is 0 Å². The predicted molar refractivity (Wildman–Crippen MR) is 91.2 cm³/mol. The Kier molecular flexibility index (Phi) is 4.91. The molecule has 2 atom stereocenters. The summed E-state index contributed by atoms with van der Waals surface area (Å²) in [5, 5.41) is 0. The van der Waals surface area contributed by atoms with Gasteiger partial charge in [-0.25, -0.2) is 0 Å². The van der Waals surface area contributed by atoms with Gasteiger partial charge in [0.1, 0.15) is 0 Å². The second kappa shape index (κ2) is 7.08. The monoisotopic (exact) mass is 295 g/mol. The quantitative estimate of drug-likeness (QED) is 0.847. The first-order valence-electron chi connectivity index (χ1n) is 8.14. The Morgan fingerprint density at radius 2 is 1.50 bits per heavy atom. The Morgan fingerprint density at radius 3 is 2.00 bits per heavy atom. The third kappa shape index (κ3) is 3.08. The van der Waals surface area contributed by atoms with Crippen molar-refractivity contribution >= 4 is 0 Å². The van der Waals surface area contributed by atoms with Crippen molar-refractivity contribution in [2.45, 2.75) is 30.9 Å². The van der Waals surface area contributed by atoms with Crippen molar-refractivity contribution in [3.63, 3.8) is 0 Å².